The summed E-state index contributed by atoms with van der Waals surface area (Å²) in [6.45, 7) is 1.40. The van der Waals surface area contributed by atoms with Crippen molar-refractivity contribution in [3.63, 3.8) is 0 Å². The molecule has 1 aromatic carbocycles. The van der Waals surface area contributed by atoms with Gasteiger partial charge in [-0.1, -0.05) is 6.07 Å². The van der Waals surface area contributed by atoms with Crippen LogP contribution in [0.5, 0.6) is 11.6 Å². The molecule has 1 aliphatic heterocycles. The summed E-state index contributed by atoms with van der Waals surface area (Å²) in [6.07, 6.45) is 5.00. The predicted molar refractivity (Wildman–Crippen MR) is 88.9 cm³/mol. The highest BCUT2D eigenvalue weighted by molar-refractivity contribution is 5.77. The highest BCUT2D eigenvalue weighted by atomic mass is 19.1. The number of rotatable bonds is 5. The van der Waals surface area contributed by atoms with Gasteiger partial charge in [0.2, 0.25) is 11.8 Å². The van der Waals surface area contributed by atoms with Crippen LogP contribution in [0.2, 0.25) is 0 Å². The molecule has 25 heavy (non-hydrogen) atoms. The Kier molecular flexibility index (Phi) is 5.55. The van der Waals surface area contributed by atoms with Crippen LogP contribution in [-0.4, -0.2) is 47.6 Å². The highest BCUT2D eigenvalue weighted by Gasteiger charge is 2.26. The van der Waals surface area contributed by atoms with Crippen LogP contribution in [0.1, 0.15) is 24.5 Å². The van der Waals surface area contributed by atoms with Crippen molar-refractivity contribution in [2.75, 3.05) is 26.8 Å². The molecule has 1 aromatic heterocycles. The minimum Gasteiger partial charge on any atom is -0.437 e. The van der Waals surface area contributed by atoms with Crippen LogP contribution in [-0.2, 0) is 9.53 Å². The first-order chi connectivity index (χ1) is 12.2. The molecule has 0 N–H and O–H groups in total. The Labute approximate surface area is 145 Å². The Morgan fingerprint density at radius 1 is 1.40 bits per heavy atom. The van der Waals surface area contributed by atoms with Crippen molar-refractivity contribution >= 4 is 5.91 Å². The van der Waals surface area contributed by atoms with Crippen molar-refractivity contribution in [1.82, 2.24) is 14.9 Å². The largest absolute Gasteiger partial charge is 0.437 e. The molecule has 1 atom stereocenters. The average molecular weight is 345 g/mol. The zero-order valence-electron chi connectivity index (χ0n) is 14.0. The number of amides is 1. The molecule has 0 spiro atoms. The van der Waals surface area contributed by atoms with E-state index in [1.807, 2.05) is 0 Å². The molecule has 1 unspecified atom stereocenters. The van der Waals surface area contributed by atoms with Crippen molar-refractivity contribution in [2.45, 2.75) is 18.8 Å². The lowest BCUT2D eigenvalue weighted by Gasteiger charge is -2.32. The zero-order chi connectivity index (χ0) is 17.6. The van der Waals surface area contributed by atoms with E-state index in [4.69, 9.17) is 9.47 Å². The number of hydrogen-bond donors (Lipinski definition) is 0. The summed E-state index contributed by atoms with van der Waals surface area (Å²) in [6, 6.07) is 5.87. The van der Waals surface area contributed by atoms with E-state index < -0.39 is 0 Å². The second kappa shape index (κ2) is 8.02. The fourth-order valence-electron chi connectivity index (χ4n) is 2.92. The second-order valence-electron chi connectivity index (χ2n) is 5.95. The molecule has 7 heteroatoms. The van der Waals surface area contributed by atoms with Gasteiger partial charge in [0.15, 0.2) is 0 Å². The number of piperidine rings is 1. The van der Waals surface area contributed by atoms with Gasteiger partial charge in [-0.15, -0.1) is 0 Å². The van der Waals surface area contributed by atoms with Crippen LogP contribution in [0.25, 0.3) is 0 Å². The molecule has 0 aliphatic carbocycles. The van der Waals surface area contributed by atoms with Crippen LogP contribution < -0.4 is 4.74 Å². The van der Waals surface area contributed by atoms with Crippen molar-refractivity contribution < 1.29 is 18.7 Å². The molecule has 1 amide bonds. The summed E-state index contributed by atoms with van der Waals surface area (Å²) in [5.74, 6) is 0.377. The predicted octanol–water partition coefficient (Wildman–Crippen LogP) is 2.76. The number of hydrogen-bond acceptors (Lipinski definition) is 5. The third-order valence-electron chi connectivity index (χ3n) is 4.11. The summed E-state index contributed by atoms with van der Waals surface area (Å²) in [4.78, 5) is 22.5. The van der Waals surface area contributed by atoms with E-state index in [-0.39, 0.29) is 24.2 Å². The van der Waals surface area contributed by atoms with Crippen molar-refractivity contribution in [1.29, 1.82) is 0 Å². The highest BCUT2D eigenvalue weighted by Crippen LogP contribution is 2.27. The Hall–Kier alpha value is -2.54. The normalized spacial score (nSPS) is 17.4. The molecular weight excluding hydrogens is 325 g/mol. The van der Waals surface area contributed by atoms with Crippen LogP contribution in [0.15, 0.2) is 36.7 Å². The minimum atomic E-state index is -0.374. The standard InChI is InChI=1S/C18H20FN3O3/c1-24-12-18(23)22-7-3-4-13(11-22)16-9-20-10-17(21-16)25-15-6-2-5-14(19)8-15/h2,5-6,8-10,13H,3-4,7,11-12H2,1H3. The van der Waals surface area contributed by atoms with Gasteiger partial charge in [0.1, 0.15) is 18.2 Å². The molecule has 1 aliphatic rings. The van der Waals surface area contributed by atoms with Gasteiger partial charge in [-0.2, -0.15) is 0 Å². The summed E-state index contributed by atoms with van der Waals surface area (Å²) >= 11 is 0. The number of carbonyl (C=O) groups excluding carboxylic acids is 1. The SMILES string of the molecule is COCC(=O)N1CCCC(c2cncc(Oc3cccc(F)c3)n2)C1. The van der Waals surface area contributed by atoms with Crippen LogP contribution in [0.4, 0.5) is 4.39 Å². The van der Waals surface area contributed by atoms with Gasteiger partial charge in [0.05, 0.1) is 11.9 Å². The number of methoxy groups -OCH3 is 1. The fourth-order valence-corrected chi connectivity index (χ4v) is 2.92. The van der Waals surface area contributed by atoms with E-state index in [0.717, 1.165) is 25.1 Å². The number of halogens is 1. The first-order valence-corrected chi connectivity index (χ1v) is 8.18. The Balaban J connectivity index is 1.71. The molecule has 1 saturated heterocycles. The van der Waals surface area contributed by atoms with E-state index in [1.54, 1.807) is 23.2 Å². The molecule has 2 aromatic rings. The molecule has 0 bridgehead atoms. The van der Waals surface area contributed by atoms with Crippen LogP contribution >= 0.6 is 0 Å². The minimum absolute atomic E-state index is 0.0210. The zero-order valence-corrected chi connectivity index (χ0v) is 14.0. The van der Waals surface area contributed by atoms with Gasteiger partial charge in [-0.25, -0.2) is 9.37 Å². The fraction of sp³-hybridized carbons (Fsp3) is 0.389. The summed E-state index contributed by atoms with van der Waals surface area (Å²) in [5, 5.41) is 0. The maximum Gasteiger partial charge on any atom is 0.248 e. The van der Waals surface area contributed by atoms with Crippen molar-refractivity contribution in [3.05, 3.63) is 48.2 Å². The van der Waals surface area contributed by atoms with Crippen molar-refractivity contribution in [3.8, 4) is 11.6 Å². The molecule has 2 heterocycles. The molecule has 6 nitrogen and oxygen atoms in total. The van der Waals surface area contributed by atoms with Crippen LogP contribution in [0, 0.1) is 5.82 Å². The number of likely N-dealkylation sites (tertiary alicyclic amines) is 1. The maximum atomic E-state index is 13.3. The molecule has 1 fully saturated rings. The summed E-state index contributed by atoms with van der Waals surface area (Å²) in [5.41, 5.74) is 0.767. The van der Waals surface area contributed by atoms with Crippen molar-refractivity contribution in [2.24, 2.45) is 0 Å². The van der Waals surface area contributed by atoms with E-state index in [0.29, 0.717) is 18.2 Å². The Morgan fingerprint density at radius 3 is 3.08 bits per heavy atom. The van der Waals surface area contributed by atoms with Gasteiger partial charge in [-0.3, -0.25) is 9.78 Å². The number of carbonyl (C=O) groups is 1. The first-order valence-electron chi connectivity index (χ1n) is 8.18. The molecule has 0 saturated carbocycles. The van der Waals surface area contributed by atoms with Gasteiger partial charge < -0.3 is 14.4 Å². The Bertz CT molecular complexity index is 741. The van der Waals surface area contributed by atoms with Crippen LogP contribution in [0.3, 0.4) is 0 Å². The van der Waals surface area contributed by atoms with E-state index in [1.165, 1.54) is 25.4 Å². The summed E-state index contributed by atoms with van der Waals surface area (Å²) in [7, 11) is 1.51. The lowest BCUT2D eigenvalue weighted by Crippen LogP contribution is -2.41. The smallest absolute Gasteiger partial charge is 0.248 e. The number of benzene rings is 1. The van der Waals surface area contributed by atoms with Gasteiger partial charge in [0, 0.05) is 38.4 Å². The van der Waals surface area contributed by atoms with E-state index in [9.17, 15) is 9.18 Å². The third-order valence-corrected chi connectivity index (χ3v) is 4.11. The lowest BCUT2D eigenvalue weighted by molar-refractivity contribution is -0.136. The maximum absolute atomic E-state index is 13.3. The number of ether oxygens (including phenoxy) is 2. The first kappa shape index (κ1) is 17.3. The topological polar surface area (TPSA) is 64.5 Å². The summed E-state index contributed by atoms with van der Waals surface area (Å²) < 4.78 is 23.8. The van der Waals surface area contributed by atoms with Gasteiger partial charge in [0.25, 0.3) is 0 Å². The van der Waals surface area contributed by atoms with Gasteiger partial charge >= 0.3 is 0 Å². The molecule has 132 valence electrons. The molecule has 0 radical (unpaired) electrons. The number of aromatic nitrogens is 2. The molecular formula is C18H20FN3O3. The quantitative estimate of drug-likeness (QED) is 0.834. The lowest BCUT2D eigenvalue weighted by atomic mass is 9.95. The van der Waals surface area contributed by atoms with E-state index >= 15 is 0 Å². The molecule has 3 rings (SSSR count). The number of nitrogens with zero attached hydrogens (tertiary/aromatic N) is 3. The monoisotopic (exact) mass is 345 g/mol. The Morgan fingerprint density at radius 2 is 2.28 bits per heavy atom. The second-order valence-corrected chi connectivity index (χ2v) is 5.95. The van der Waals surface area contributed by atoms with E-state index in [2.05, 4.69) is 9.97 Å². The third kappa shape index (κ3) is 4.51. The average Bonchev–Trinajstić information content (AvgIpc) is 2.62. The van der Waals surface area contributed by atoms with Gasteiger partial charge in [-0.05, 0) is 25.0 Å².